The molecule has 0 saturated heterocycles. The molecule has 0 bridgehead atoms. The van der Waals surface area contributed by atoms with Crippen LogP contribution in [0.3, 0.4) is 0 Å². The lowest BCUT2D eigenvalue weighted by molar-refractivity contribution is 0.468. The molecule has 0 aliphatic heterocycles. The Hall–Kier alpha value is -5.93. The van der Waals surface area contributed by atoms with Crippen molar-refractivity contribution in [1.82, 2.24) is 0 Å². The summed E-state index contributed by atoms with van der Waals surface area (Å²) >= 11 is 0. The van der Waals surface area contributed by atoms with Gasteiger partial charge in [0.1, 0.15) is 34.5 Å². The molecule has 8 nitrogen and oxygen atoms in total. The zero-order chi connectivity index (χ0) is 34.4. The fourth-order valence-electron chi connectivity index (χ4n) is 5.23. The maximum atomic E-state index is 13.4. The van der Waals surface area contributed by atoms with Gasteiger partial charge in [-0.05, 0) is 98.8 Å². The first kappa shape index (κ1) is 33.0. The van der Waals surface area contributed by atoms with Crippen molar-refractivity contribution in [3.05, 3.63) is 156 Å². The van der Waals surface area contributed by atoms with Crippen molar-refractivity contribution in [2.75, 3.05) is 10.6 Å². The highest BCUT2D eigenvalue weighted by Gasteiger charge is 2.18. The van der Waals surface area contributed by atoms with Crippen LogP contribution in [0, 0.1) is 13.8 Å². The van der Waals surface area contributed by atoms with Crippen LogP contribution in [0.15, 0.2) is 143 Å². The topological polar surface area (TPSA) is 117 Å². The number of rotatable bonds is 12. The van der Waals surface area contributed by atoms with Crippen molar-refractivity contribution in [2.24, 2.45) is 0 Å². The third kappa shape index (κ3) is 8.33. The molecule has 4 N–H and O–H groups in total. The Bertz CT molecular complexity index is 2030. The van der Waals surface area contributed by atoms with Crippen LogP contribution in [0.5, 0.6) is 34.5 Å². The predicted octanol–water partition coefficient (Wildman–Crippen LogP) is 9.36. The Morgan fingerprint density at radius 2 is 0.918 bits per heavy atom. The Labute approximate surface area is 286 Å². The standard InChI is InChI=1S/C40H36N2O6S/c1-27-9-19-39(43)29(21-27)25-41-31-5-3-7-35(23-31)47-33-11-15-37(16-12-33)49(45,46)38-17-13-34(14-18-38)48-36-8-4-6-32(24-36)42-26-30-22-28(2)10-20-40(30)44/h3-24,41-44H,25-26H2,1-2H3. The number of anilines is 2. The Morgan fingerprint density at radius 1 is 0.510 bits per heavy atom. The molecule has 49 heavy (non-hydrogen) atoms. The third-order valence-corrected chi connectivity index (χ3v) is 9.63. The van der Waals surface area contributed by atoms with Gasteiger partial charge in [-0.3, -0.25) is 0 Å². The van der Waals surface area contributed by atoms with E-state index in [9.17, 15) is 18.6 Å². The molecular formula is C40H36N2O6S. The van der Waals surface area contributed by atoms with Gasteiger partial charge in [0.2, 0.25) is 9.84 Å². The molecule has 0 spiro atoms. The van der Waals surface area contributed by atoms with E-state index in [2.05, 4.69) is 10.6 Å². The Balaban J connectivity index is 1.06. The van der Waals surface area contributed by atoms with Gasteiger partial charge in [-0.25, -0.2) is 8.42 Å². The van der Waals surface area contributed by atoms with Gasteiger partial charge in [0.15, 0.2) is 0 Å². The smallest absolute Gasteiger partial charge is 0.206 e. The molecule has 6 rings (SSSR count). The quantitative estimate of drug-likeness (QED) is 0.102. The zero-order valence-electron chi connectivity index (χ0n) is 27.1. The molecule has 0 aliphatic rings. The lowest BCUT2D eigenvalue weighted by Crippen LogP contribution is -2.02. The van der Waals surface area contributed by atoms with Gasteiger partial charge < -0.3 is 30.3 Å². The number of benzene rings is 6. The molecule has 0 unspecified atom stereocenters. The lowest BCUT2D eigenvalue weighted by Gasteiger charge is -2.12. The van der Waals surface area contributed by atoms with Gasteiger partial charge in [0.05, 0.1) is 9.79 Å². The Morgan fingerprint density at radius 3 is 1.33 bits per heavy atom. The number of nitrogens with one attached hydrogen (secondary N) is 2. The summed E-state index contributed by atoms with van der Waals surface area (Å²) in [6.07, 6.45) is 0. The van der Waals surface area contributed by atoms with Crippen LogP contribution in [-0.2, 0) is 22.9 Å². The highest BCUT2D eigenvalue weighted by atomic mass is 32.2. The normalized spacial score (nSPS) is 11.1. The largest absolute Gasteiger partial charge is 0.508 e. The molecule has 0 aliphatic carbocycles. The number of hydrogen-bond donors (Lipinski definition) is 4. The van der Waals surface area contributed by atoms with Gasteiger partial charge >= 0.3 is 0 Å². The van der Waals surface area contributed by atoms with Crippen LogP contribution in [0.25, 0.3) is 0 Å². The number of ether oxygens (including phenoxy) is 2. The summed E-state index contributed by atoms with van der Waals surface area (Å²) in [5.41, 5.74) is 5.34. The Kier molecular flexibility index (Phi) is 9.73. The first-order valence-corrected chi connectivity index (χ1v) is 17.2. The summed E-state index contributed by atoms with van der Waals surface area (Å²) in [7, 11) is -3.78. The van der Waals surface area contributed by atoms with Crippen molar-refractivity contribution in [1.29, 1.82) is 0 Å². The summed E-state index contributed by atoms with van der Waals surface area (Å²) in [5, 5.41) is 26.8. The van der Waals surface area contributed by atoms with E-state index in [1.807, 2.05) is 86.6 Å². The lowest BCUT2D eigenvalue weighted by atomic mass is 10.1. The summed E-state index contributed by atoms with van der Waals surface area (Å²) in [6.45, 7) is 4.84. The number of hydrogen-bond acceptors (Lipinski definition) is 8. The number of aromatic hydroxyl groups is 2. The summed E-state index contributed by atoms with van der Waals surface area (Å²) in [4.78, 5) is 0.278. The van der Waals surface area contributed by atoms with Crippen LogP contribution in [-0.4, -0.2) is 18.6 Å². The van der Waals surface area contributed by atoms with Gasteiger partial charge in [0, 0.05) is 47.7 Å². The molecule has 0 atom stereocenters. The highest BCUT2D eigenvalue weighted by molar-refractivity contribution is 7.91. The fourth-order valence-corrected chi connectivity index (χ4v) is 6.49. The number of phenolic OH excluding ortho intramolecular Hbond substituents is 2. The monoisotopic (exact) mass is 672 g/mol. The van der Waals surface area contributed by atoms with Crippen LogP contribution < -0.4 is 20.1 Å². The minimum absolute atomic E-state index is 0.139. The molecule has 0 fully saturated rings. The molecule has 0 saturated carbocycles. The molecule has 6 aromatic carbocycles. The van der Waals surface area contributed by atoms with E-state index in [-0.39, 0.29) is 21.3 Å². The predicted molar refractivity (Wildman–Crippen MR) is 192 cm³/mol. The minimum Gasteiger partial charge on any atom is -0.508 e. The second kappa shape index (κ2) is 14.5. The van der Waals surface area contributed by atoms with Gasteiger partial charge in [-0.15, -0.1) is 0 Å². The van der Waals surface area contributed by atoms with Gasteiger partial charge in [-0.1, -0.05) is 47.5 Å². The van der Waals surface area contributed by atoms with Crippen molar-refractivity contribution >= 4 is 21.2 Å². The third-order valence-electron chi connectivity index (χ3n) is 7.84. The first-order valence-electron chi connectivity index (χ1n) is 15.7. The summed E-state index contributed by atoms with van der Waals surface area (Å²) < 4.78 is 38.8. The molecule has 248 valence electrons. The van der Waals surface area contributed by atoms with Gasteiger partial charge in [0.25, 0.3) is 0 Å². The number of sulfone groups is 1. The highest BCUT2D eigenvalue weighted by Crippen LogP contribution is 2.31. The van der Waals surface area contributed by atoms with Crippen molar-refractivity contribution in [3.8, 4) is 34.5 Å². The molecule has 9 heteroatoms. The van der Waals surface area contributed by atoms with E-state index < -0.39 is 9.84 Å². The fraction of sp³-hybridized carbons (Fsp3) is 0.100. The van der Waals surface area contributed by atoms with Crippen molar-refractivity contribution in [3.63, 3.8) is 0 Å². The minimum atomic E-state index is -3.78. The summed E-state index contributed by atoms with van der Waals surface area (Å²) in [6, 6.07) is 38.3. The van der Waals surface area contributed by atoms with E-state index in [4.69, 9.17) is 9.47 Å². The second-order valence-corrected chi connectivity index (χ2v) is 13.6. The van der Waals surface area contributed by atoms with Crippen LogP contribution in [0.1, 0.15) is 22.3 Å². The van der Waals surface area contributed by atoms with Crippen molar-refractivity contribution < 1.29 is 28.1 Å². The summed E-state index contributed by atoms with van der Waals surface area (Å²) in [5.74, 6) is 2.61. The maximum Gasteiger partial charge on any atom is 0.206 e. The van der Waals surface area contributed by atoms with Crippen LogP contribution in [0.4, 0.5) is 11.4 Å². The molecular weight excluding hydrogens is 637 g/mol. The molecule has 0 amide bonds. The van der Waals surface area contributed by atoms with E-state index in [1.54, 1.807) is 36.4 Å². The van der Waals surface area contributed by atoms with Crippen LogP contribution in [0.2, 0.25) is 0 Å². The average Bonchev–Trinajstić information content (AvgIpc) is 3.10. The van der Waals surface area contributed by atoms with E-state index in [0.29, 0.717) is 36.1 Å². The van der Waals surface area contributed by atoms with E-state index in [0.717, 1.165) is 33.6 Å². The number of phenols is 2. The van der Waals surface area contributed by atoms with E-state index in [1.165, 1.54) is 24.3 Å². The second-order valence-electron chi connectivity index (χ2n) is 11.7. The van der Waals surface area contributed by atoms with Crippen molar-refractivity contribution in [2.45, 2.75) is 36.7 Å². The van der Waals surface area contributed by atoms with E-state index >= 15 is 0 Å². The molecule has 6 aromatic rings. The average molecular weight is 673 g/mol. The first-order chi connectivity index (χ1) is 23.6. The van der Waals surface area contributed by atoms with Crippen LogP contribution >= 0.6 is 0 Å². The molecule has 0 aromatic heterocycles. The van der Waals surface area contributed by atoms with Gasteiger partial charge in [-0.2, -0.15) is 0 Å². The zero-order valence-corrected chi connectivity index (χ0v) is 27.9. The SMILES string of the molecule is Cc1ccc(O)c(CNc2cccc(Oc3ccc(S(=O)(=O)c4ccc(Oc5cccc(NCc6cc(C)ccc6O)c5)cc4)cc3)c2)c1. The number of aryl methyl sites for hydroxylation is 2. The molecule has 0 heterocycles. The molecule has 0 radical (unpaired) electrons. The maximum absolute atomic E-state index is 13.4.